The van der Waals surface area contributed by atoms with E-state index in [1.807, 2.05) is 0 Å². The van der Waals surface area contributed by atoms with Crippen LogP contribution in [0.25, 0.3) is 0 Å². The van der Waals surface area contributed by atoms with Crippen molar-refractivity contribution >= 4 is 34.7 Å². The molecule has 2 aromatic carbocycles. The Balaban J connectivity index is 2.10. The van der Waals surface area contributed by atoms with E-state index >= 15 is 0 Å². The average molecular weight is 313 g/mol. The van der Waals surface area contributed by atoms with Crippen LogP contribution in [0.2, 0.25) is 5.02 Å². The first-order valence-electron chi connectivity index (χ1n) is 5.58. The zero-order valence-electron chi connectivity index (χ0n) is 10.2. The first kappa shape index (κ1) is 14.6. The quantitative estimate of drug-likeness (QED) is 0.396. The Hall–Kier alpha value is -1.79. The van der Waals surface area contributed by atoms with Gasteiger partial charge in [0.15, 0.2) is 0 Å². The van der Waals surface area contributed by atoms with Gasteiger partial charge in [0.2, 0.25) is 0 Å². The number of rotatable bonds is 4. The Labute approximate surface area is 123 Å². The highest BCUT2D eigenvalue weighted by Gasteiger charge is 2.10. The number of nitro benzene ring substituents is 1. The minimum absolute atomic E-state index is 0.0534. The summed E-state index contributed by atoms with van der Waals surface area (Å²) in [6.45, 7) is 0. The molecule has 0 aliphatic carbocycles. The predicted molar refractivity (Wildman–Crippen MR) is 78.5 cm³/mol. The van der Waals surface area contributed by atoms with Crippen LogP contribution in [0.5, 0.6) is 0 Å². The zero-order valence-corrected chi connectivity index (χ0v) is 11.7. The number of thioether (sulfide) groups is 1. The van der Waals surface area contributed by atoms with Crippen molar-refractivity contribution in [2.24, 2.45) is 0 Å². The second-order valence-corrected chi connectivity index (χ2v) is 5.46. The molecule has 0 aromatic heterocycles. The van der Waals surface area contributed by atoms with Gasteiger partial charge in [0.1, 0.15) is 5.82 Å². The molecule has 0 saturated heterocycles. The molecular formula is C13H10ClFN2O2S. The molecule has 0 unspecified atom stereocenters. The zero-order chi connectivity index (χ0) is 14.7. The normalized spacial score (nSPS) is 10.5. The molecule has 2 rings (SSSR count). The summed E-state index contributed by atoms with van der Waals surface area (Å²) in [6.07, 6.45) is 0. The Morgan fingerprint density at radius 2 is 2.05 bits per heavy atom. The summed E-state index contributed by atoms with van der Waals surface area (Å²) in [5, 5.41) is 10.9. The molecule has 0 aliphatic heterocycles. The van der Waals surface area contributed by atoms with Crippen molar-refractivity contribution in [2.75, 3.05) is 5.73 Å². The highest BCUT2D eigenvalue weighted by Crippen LogP contribution is 2.30. The summed E-state index contributed by atoms with van der Waals surface area (Å²) in [5.74, 6) is 0.0185. The molecular weight excluding hydrogens is 303 g/mol. The van der Waals surface area contributed by atoms with E-state index < -0.39 is 10.7 Å². The molecule has 2 N–H and O–H groups in total. The first-order valence-corrected chi connectivity index (χ1v) is 6.94. The number of nitrogen functional groups attached to an aromatic ring is 1. The molecule has 2 aromatic rings. The van der Waals surface area contributed by atoms with Crippen LogP contribution < -0.4 is 5.73 Å². The molecule has 20 heavy (non-hydrogen) atoms. The molecule has 0 spiro atoms. The molecule has 0 atom stereocenters. The van der Waals surface area contributed by atoms with Gasteiger partial charge in [-0.2, -0.15) is 0 Å². The third-order valence-electron chi connectivity index (χ3n) is 2.61. The number of benzene rings is 2. The highest BCUT2D eigenvalue weighted by atomic mass is 35.5. The lowest BCUT2D eigenvalue weighted by atomic mass is 10.2. The van der Waals surface area contributed by atoms with Gasteiger partial charge >= 0.3 is 0 Å². The van der Waals surface area contributed by atoms with Crippen LogP contribution in [0.1, 0.15) is 5.56 Å². The van der Waals surface area contributed by atoms with E-state index in [-0.39, 0.29) is 11.4 Å². The minimum Gasteiger partial charge on any atom is -0.396 e. The summed E-state index contributed by atoms with van der Waals surface area (Å²) in [4.78, 5) is 10.8. The van der Waals surface area contributed by atoms with Gasteiger partial charge in [0.25, 0.3) is 5.69 Å². The Morgan fingerprint density at radius 3 is 2.65 bits per heavy atom. The van der Waals surface area contributed by atoms with E-state index in [0.717, 1.165) is 5.56 Å². The van der Waals surface area contributed by atoms with Crippen LogP contribution in [-0.4, -0.2) is 4.92 Å². The van der Waals surface area contributed by atoms with E-state index in [4.69, 9.17) is 17.3 Å². The van der Waals surface area contributed by atoms with Gasteiger partial charge in [0.05, 0.1) is 15.6 Å². The molecule has 0 amide bonds. The van der Waals surface area contributed by atoms with Crippen molar-refractivity contribution in [2.45, 2.75) is 10.6 Å². The number of hydrogen-bond acceptors (Lipinski definition) is 4. The smallest absolute Gasteiger partial charge is 0.270 e. The fourth-order valence-corrected chi connectivity index (χ4v) is 2.77. The number of hydrogen-bond donors (Lipinski definition) is 1. The summed E-state index contributed by atoms with van der Waals surface area (Å²) in [6, 6.07) is 8.85. The number of non-ortho nitro benzene ring substituents is 1. The fourth-order valence-electron chi connectivity index (χ4n) is 1.53. The van der Waals surface area contributed by atoms with Crippen LogP contribution in [0.15, 0.2) is 41.3 Å². The summed E-state index contributed by atoms with van der Waals surface area (Å²) in [5.41, 5.74) is 6.19. The van der Waals surface area contributed by atoms with Gasteiger partial charge in [-0.25, -0.2) is 4.39 Å². The van der Waals surface area contributed by atoms with Gasteiger partial charge in [0, 0.05) is 22.8 Å². The fraction of sp³-hybridized carbons (Fsp3) is 0.0769. The van der Waals surface area contributed by atoms with Crippen LogP contribution in [-0.2, 0) is 5.75 Å². The van der Waals surface area contributed by atoms with E-state index in [1.165, 1.54) is 36.0 Å². The number of nitrogens with zero attached hydrogens (tertiary/aromatic N) is 1. The Kier molecular flexibility index (Phi) is 4.46. The number of nitrogens with two attached hydrogens (primary N) is 1. The maximum Gasteiger partial charge on any atom is 0.270 e. The molecule has 0 radical (unpaired) electrons. The number of halogens is 2. The minimum atomic E-state index is -0.502. The molecule has 104 valence electrons. The van der Waals surface area contributed by atoms with Crippen molar-refractivity contribution in [3.63, 3.8) is 0 Å². The van der Waals surface area contributed by atoms with Crippen LogP contribution in [0, 0.1) is 15.9 Å². The maximum absolute atomic E-state index is 13.3. The van der Waals surface area contributed by atoms with Crippen molar-refractivity contribution < 1.29 is 9.31 Å². The van der Waals surface area contributed by atoms with Gasteiger partial charge < -0.3 is 5.73 Å². The average Bonchev–Trinajstić information content (AvgIpc) is 2.41. The van der Waals surface area contributed by atoms with Crippen molar-refractivity contribution in [3.05, 3.63) is 62.9 Å². The third-order valence-corrected chi connectivity index (χ3v) is 4.01. The third kappa shape index (κ3) is 3.40. The lowest BCUT2D eigenvalue weighted by Gasteiger charge is -2.05. The lowest BCUT2D eigenvalue weighted by Crippen LogP contribution is -1.91. The molecule has 4 nitrogen and oxygen atoms in total. The summed E-state index contributed by atoms with van der Waals surface area (Å²) < 4.78 is 13.3. The largest absolute Gasteiger partial charge is 0.396 e. The second-order valence-electron chi connectivity index (χ2n) is 4.00. The second kappa shape index (κ2) is 6.11. The van der Waals surface area contributed by atoms with Crippen molar-refractivity contribution in [3.8, 4) is 0 Å². The number of anilines is 1. The highest BCUT2D eigenvalue weighted by molar-refractivity contribution is 7.98. The molecule has 0 fully saturated rings. The predicted octanol–water partition coefficient (Wildman–Crippen LogP) is 4.26. The first-order chi connectivity index (χ1) is 9.47. The topological polar surface area (TPSA) is 69.2 Å². The molecule has 0 heterocycles. The van der Waals surface area contributed by atoms with Crippen LogP contribution in [0.3, 0.4) is 0 Å². The standard InChI is InChI=1S/C13H10ClFN2O2S/c14-11-5-9(17(18)19)2-1-8(11)7-20-10-3-4-13(16)12(15)6-10/h1-6H,7,16H2. The molecule has 7 heteroatoms. The monoisotopic (exact) mass is 312 g/mol. The van der Waals surface area contributed by atoms with Crippen molar-refractivity contribution in [1.82, 2.24) is 0 Å². The van der Waals surface area contributed by atoms with Crippen LogP contribution in [0.4, 0.5) is 15.8 Å². The summed E-state index contributed by atoms with van der Waals surface area (Å²) in [7, 11) is 0. The van der Waals surface area contributed by atoms with Crippen LogP contribution >= 0.6 is 23.4 Å². The maximum atomic E-state index is 13.3. The molecule has 0 bridgehead atoms. The number of nitro groups is 1. The Bertz CT molecular complexity index is 667. The van der Waals surface area contributed by atoms with Crippen molar-refractivity contribution in [1.29, 1.82) is 0 Å². The van der Waals surface area contributed by atoms with E-state index in [2.05, 4.69) is 0 Å². The summed E-state index contributed by atoms with van der Waals surface area (Å²) >= 11 is 7.36. The van der Waals surface area contributed by atoms with E-state index in [0.29, 0.717) is 15.7 Å². The SMILES string of the molecule is Nc1ccc(SCc2ccc([N+](=O)[O-])cc2Cl)cc1F. The van der Waals surface area contributed by atoms with Gasteiger partial charge in [-0.15, -0.1) is 11.8 Å². The van der Waals surface area contributed by atoms with Gasteiger partial charge in [-0.05, 0) is 29.8 Å². The van der Waals surface area contributed by atoms with Gasteiger partial charge in [-0.3, -0.25) is 10.1 Å². The van der Waals surface area contributed by atoms with Gasteiger partial charge in [-0.1, -0.05) is 11.6 Å². The van der Waals surface area contributed by atoms with E-state index in [9.17, 15) is 14.5 Å². The molecule has 0 saturated carbocycles. The lowest BCUT2D eigenvalue weighted by molar-refractivity contribution is -0.384. The van der Waals surface area contributed by atoms with E-state index in [1.54, 1.807) is 12.1 Å². The Morgan fingerprint density at radius 1 is 1.30 bits per heavy atom. The molecule has 0 aliphatic rings.